The lowest BCUT2D eigenvalue weighted by molar-refractivity contribution is -0.113. The number of anilines is 1. The summed E-state index contributed by atoms with van der Waals surface area (Å²) < 4.78 is 5.61. The molecule has 0 atom stereocenters. The normalized spacial score (nSPS) is 10.4. The van der Waals surface area contributed by atoms with E-state index in [2.05, 4.69) is 21.6 Å². The van der Waals surface area contributed by atoms with E-state index in [-0.39, 0.29) is 11.7 Å². The molecule has 0 unspecified atom stereocenters. The number of thioether (sulfide) groups is 2. The molecule has 0 saturated heterocycles. The van der Waals surface area contributed by atoms with Gasteiger partial charge in [0.25, 0.3) is 5.22 Å². The van der Waals surface area contributed by atoms with E-state index in [1.807, 2.05) is 55.5 Å². The molecule has 1 aromatic heterocycles. The third kappa shape index (κ3) is 5.36. The SMILES string of the molecule is Cc1ccc(-c2nnc(SCC(=O)Nc3ccccc3SCC#N)o2)cc1. The van der Waals surface area contributed by atoms with Crippen molar-refractivity contribution in [2.45, 2.75) is 17.0 Å². The first kappa shape index (κ1) is 19.0. The van der Waals surface area contributed by atoms with Gasteiger partial charge in [-0.2, -0.15) is 5.26 Å². The standard InChI is InChI=1S/C19H16N4O2S2/c1-13-6-8-14(9-7-13)18-22-23-19(25-18)27-12-17(24)21-15-4-2-3-5-16(15)26-11-10-20/h2-9H,11-12H2,1H3,(H,21,24). The minimum Gasteiger partial charge on any atom is -0.411 e. The zero-order valence-electron chi connectivity index (χ0n) is 14.5. The second-order valence-electron chi connectivity index (χ2n) is 5.52. The molecule has 1 heterocycles. The summed E-state index contributed by atoms with van der Waals surface area (Å²) in [5, 5.41) is 19.9. The highest BCUT2D eigenvalue weighted by molar-refractivity contribution is 8.00. The number of rotatable bonds is 7. The number of nitrogens with one attached hydrogen (secondary N) is 1. The maximum atomic E-state index is 12.2. The van der Waals surface area contributed by atoms with Crippen LogP contribution in [0.15, 0.2) is 63.1 Å². The van der Waals surface area contributed by atoms with Gasteiger partial charge in [-0.1, -0.05) is 41.6 Å². The molecule has 1 amide bonds. The van der Waals surface area contributed by atoms with Crippen LogP contribution in [0.1, 0.15) is 5.56 Å². The molecule has 0 fully saturated rings. The third-order valence-corrected chi connectivity index (χ3v) is 5.24. The molecular formula is C19H16N4O2S2. The molecule has 0 spiro atoms. The summed E-state index contributed by atoms with van der Waals surface area (Å²) in [4.78, 5) is 13.1. The molecule has 3 rings (SSSR count). The van der Waals surface area contributed by atoms with Crippen molar-refractivity contribution in [3.05, 3.63) is 54.1 Å². The molecule has 2 aromatic carbocycles. The summed E-state index contributed by atoms with van der Waals surface area (Å²) >= 11 is 2.56. The number of nitriles is 1. The maximum Gasteiger partial charge on any atom is 0.277 e. The van der Waals surface area contributed by atoms with Crippen LogP contribution in [0.3, 0.4) is 0 Å². The van der Waals surface area contributed by atoms with Gasteiger partial charge in [0.15, 0.2) is 0 Å². The van der Waals surface area contributed by atoms with Gasteiger partial charge in [-0.05, 0) is 31.2 Å². The number of carbonyl (C=O) groups is 1. The Bertz CT molecular complexity index is 964. The zero-order chi connectivity index (χ0) is 19.1. The molecule has 0 bridgehead atoms. The average Bonchev–Trinajstić information content (AvgIpc) is 3.15. The topological polar surface area (TPSA) is 91.8 Å². The van der Waals surface area contributed by atoms with Crippen LogP contribution < -0.4 is 5.32 Å². The molecule has 6 nitrogen and oxygen atoms in total. The highest BCUT2D eigenvalue weighted by atomic mass is 32.2. The van der Waals surface area contributed by atoms with Gasteiger partial charge in [0.1, 0.15) is 0 Å². The van der Waals surface area contributed by atoms with Crippen LogP contribution in [0, 0.1) is 18.3 Å². The van der Waals surface area contributed by atoms with Crippen LogP contribution in [-0.4, -0.2) is 27.6 Å². The number of carbonyl (C=O) groups excluding carboxylic acids is 1. The largest absolute Gasteiger partial charge is 0.411 e. The van der Waals surface area contributed by atoms with Crippen molar-refractivity contribution in [1.29, 1.82) is 5.26 Å². The molecule has 3 aromatic rings. The Labute approximate surface area is 165 Å². The summed E-state index contributed by atoms with van der Waals surface area (Å²) in [7, 11) is 0. The first-order chi connectivity index (χ1) is 13.2. The van der Waals surface area contributed by atoms with Gasteiger partial charge in [0.2, 0.25) is 11.8 Å². The molecule has 0 aliphatic heterocycles. The highest BCUT2D eigenvalue weighted by Crippen LogP contribution is 2.27. The lowest BCUT2D eigenvalue weighted by Crippen LogP contribution is -2.14. The van der Waals surface area contributed by atoms with Crippen LogP contribution in [0.5, 0.6) is 0 Å². The van der Waals surface area contributed by atoms with Gasteiger partial charge >= 0.3 is 0 Å². The predicted molar refractivity (Wildman–Crippen MR) is 107 cm³/mol. The molecule has 8 heteroatoms. The molecule has 0 aliphatic carbocycles. The highest BCUT2D eigenvalue weighted by Gasteiger charge is 2.12. The lowest BCUT2D eigenvalue weighted by atomic mass is 10.1. The van der Waals surface area contributed by atoms with E-state index in [1.54, 1.807) is 0 Å². The summed E-state index contributed by atoms with van der Waals surface area (Å²) in [6, 6.07) is 17.3. The van der Waals surface area contributed by atoms with Gasteiger partial charge in [-0.15, -0.1) is 22.0 Å². The summed E-state index contributed by atoms with van der Waals surface area (Å²) in [5.74, 6) is 0.717. The second kappa shape index (κ2) is 9.26. The maximum absolute atomic E-state index is 12.2. The van der Waals surface area contributed by atoms with E-state index in [4.69, 9.17) is 9.68 Å². The van der Waals surface area contributed by atoms with Crippen molar-refractivity contribution in [2.24, 2.45) is 0 Å². The minimum atomic E-state index is -0.180. The smallest absolute Gasteiger partial charge is 0.277 e. The molecule has 27 heavy (non-hydrogen) atoms. The van der Waals surface area contributed by atoms with E-state index >= 15 is 0 Å². The molecule has 0 aliphatic rings. The molecule has 1 N–H and O–H groups in total. The molecular weight excluding hydrogens is 380 g/mol. The summed E-state index contributed by atoms with van der Waals surface area (Å²) in [6.07, 6.45) is 0. The van der Waals surface area contributed by atoms with Crippen molar-refractivity contribution in [1.82, 2.24) is 10.2 Å². The summed E-state index contributed by atoms with van der Waals surface area (Å²) in [6.45, 7) is 2.01. The van der Waals surface area contributed by atoms with E-state index < -0.39 is 0 Å². The van der Waals surface area contributed by atoms with Crippen LogP contribution >= 0.6 is 23.5 Å². The Kier molecular flexibility index (Phi) is 6.52. The van der Waals surface area contributed by atoms with Crippen molar-refractivity contribution in [2.75, 3.05) is 16.8 Å². The average molecular weight is 396 g/mol. The monoisotopic (exact) mass is 396 g/mol. The van der Waals surface area contributed by atoms with Gasteiger partial charge in [-0.25, -0.2) is 0 Å². The number of nitrogens with zero attached hydrogens (tertiary/aromatic N) is 3. The van der Waals surface area contributed by atoms with Crippen molar-refractivity contribution in [3.63, 3.8) is 0 Å². The Morgan fingerprint density at radius 3 is 2.70 bits per heavy atom. The number of hydrogen-bond acceptors (Lipinski definition) is 7. The number of amides is 1. The number of hydrogen-bond donors (Lipinski definition) is 1. The van der Waals surface area contributed by atoms with E-state index in [0.717, 1.165) is 16.0 Å². The van der Waals surface area contributed by atoms with E-state index in [1.165, 1.54) is 23.5 Å². The first-order valence-corrected chi connectivity index (χ1v) is 10.0. The van der Waals surface area contributed by atoms with Crippen LogP contribution in [0.4, 0.5) is 5.69 Å². The van der Waals surface area contributed by atoms with Gasteiger partial charge in [-0.3, -0.25) is 4.79 Å². The molecule has 0 radical (unpaired) electrons. The predicted octanol–water partition coefficient (Wildman–Crippen LogP) is 4.39. The van der Waals surface area contributed by atoms with Crippen molar-refractivity contribution in [3.8, 4) is 17.5 Å². The quantitative estimate of drug-likeness (QED) is 0.592. The molecule has 0 saturated carbocycles. The number of aryl methyl sites for hydroxylation is 1. The van der Waals surface area contributed by atoms with E-state index in [9.17, 15) is 4.79 Å². The number of benzene rings is 2. The van der Waals surface area contributed by atoms with E-state index in [0.29, 0.717) is 22.6 Å². The minimum absolute atomic E-state index is 0.146. The fraction of sp³-hybridized carbons (Fsp3) is 0.158. The number of para-hydroxylation sites is 1. The van der Waals surface area contributed by atoms with Crippen LogP contribution in [0.2, 0.25) is 0 Å². The second-order valence-corrected chi connectivity index (χ2v) is 7.46. The number of aromatic nitrogens is 2. The Morgan fingerprint density at radius 2 is 1.93 bits per heavy atom. The van der Waals surface area contributed by atoms with Gasteiger partial charge in [0, 0.05) is 10.5 Å². The summed E-state index contributed by atoms with van der Waals surface area (Å²) in [5.41, 5.74) is 2.68. The Hall–Kier alpha value is -2.76. The van der Waals surface area contributed by atoms with Gasteiger partial charge in [0.05, 0.1) is 23.3 Å². The molecule has 136 valence electrons. The van der Waals surface area contributed by atoms with Crippen molar-refractivity contribution < 1.29 is 9.21 Å². The Balaban J connectivity index is 1.57. The van der Waals surface area contributed by atoms with Crippen LogP contribution in [0.25, 0.3) is 11.5 Å². The zero-order valence-corrected chi connectivity index (χ0v) is 16.1. The van der Waals surface area contributed by atoms with Crippen LogP contribution in [-0.2, 0) is 4.79 Å². The Morgan fingerprint density at radius 1 is 1.15 bits per heavy atom. The first-order valence-electron chi connectivity index (χ1n) is 8.07. The lowest BCUT2D eigenvalue weighted by Gasteiger charge is -2.08. The van der Waals surface area contributed by atoms with Gasteiger partial charge < -0.3 is 9.73 Å². The third-order valence-electron chi connectivity index (χ3n) is 3.49. The fourth-order valence-electron chi connectivity index (χ4n) is 2.20. The van der Waals surface area contributed by atoms with Crippen molar-refractivity contribution >= 4 is 35.1 Å². The fourth-order valence-corrected chi connectivity index (χ4v) is 3.43.